The minimum absolute atomic E-state index is 0. The summed E-state index contributed by atoms with van der Waals surface area (Å²) in [5.41, 5.74) is 10.0. The summed E-state index contributed by atoms with van der Waals surface area (Å²) in [5.74, 6) is -0.0804. The molecular formula is C30H28ClF2N7O. The first-order valence-corrected chi connectivity index (χ1v) is 12.8. The minimum atomic E-state index is -0.494. The van der Waals surface area contributed by atoms with Crippen LogP contribution in [0.15, 0.2) is 82.8 Å². The van der Waals surface area contributed by atoms with Crippen LogP contribution in [0, 0.1) is 11.6 Å². The van der Waals surface area contributed by atoms with Crippen molar-refractivity contribution in [1.29, 1.82) is 0 Å². The van der Waals surface area contributed by atoms with Crippen LogP contribution in [0.25, 0.3) is 38.9 Å². The molecule has 3 aromatic carbocycles. The van der Waals surface area contributed by atoms with Crippen LogP contribution in [0.4, 0.5) is 8.78 Å². The summed E-state index contributed by atoms with van der Waals surface area (Å²) in [5, 5.41) is 7.95. The number of aliphatic imine (C=N–C) groups is 1. The fraction of sp³-hybridized carbons (Fsp3) is 0.167. The van der Waals surface area contributed by atoms with Gasteiger partial charge in [0.1, 0.15) is 17.5 Å². The molecule has 0 aliphatic rings. The molecule has 0 saturated heterocycles. The molecule has 0 saturated carbocycles. The lowest BCUT2D eigenvalue weighted by atomic mass is 10.1. The number of amidine groups is 1. The highest BCUT2D eigenvalue weighted by Gasteiger charge is 2.21. The van der Waals surface area contributed by atoms with E-state index in [-0.39, 0.29) is 18.4 Å². The fourth-order valence-corrected chi connectivity index (χ4v) is 5.18. The van der Waals surface area contributed by atoms with Crippen LogP contribution in [0.2, 0.25) is 0 Å². The summed E-state index contributed by atoms with van der Waals surface area (Å²) >= 11 is 0. The van der Waals surface area contributed by atoms with E-state index < -0.39 is 17.3 Å². The number of aryl methyl sites for hydroxylation is 1. The highest BCUT2D eigenvalue weighted by Crippen LogP contribution is 2.33. The first-order valence-electron chi connectivity index (χ1n) is 12.8. The average molecular weight is 576 g/mol. The Morgan fingerprint density at radius 2 is 1.71 bits per heavy atom. The first kappa shape index (κ1) is 27.9. The fourth-order valence-electron chi connectivity index (χ4n) is 5.18. The maximum absolute atomic E-state index is 14.5. The van der Waals surface area contributed by atoms with Gasteiger partial charge in [0.15, 0.2) is 5.82 Å². The Balaban J connectivity index is 0.00000337. The third-order valence-corrected chi connectivity index (χ3v) is 6.90. The zero-order valence-corrected chi connectivity index (χ0v) is 23.4. The molecular weight excluding hydrogens is 548 g/mol. The Kier molecular flexibility index (Phi) is 7.27. The van der Waals surface area contributed by atoms with Gasteiger partial charge in [0.2, 0.25) is 0 Å². The zero-order valence-electron chi connectivity index (χ0n) is 22.6. The van der Waals surface area contributed by atoms with Crippen molar-refractivity contribution in [1.82, 2.24) is 23.9 Å². The lowest BCUT2D eigenvalue weighted by Crippen LogP contribution is -2.16. The van der Waals surface area contributed by atoms with Gasteiger partial charge in [-0.15, -0.1) is 12.4 Å². The number of nitrogens with two attached hydrogens (primary N) is 1. The van der Waals surface area contributed by atoms with Crippen LogP contribution < -0.4 is 11.4 Å². The second kappa shape index (κ2) is 10.7. The third kappa shape index (κ3) is 5.02. The van der Waals surface area contributed by atoms with Gasteiger partial charge in [0.25, 0.3) is 0 Å². The molecule has 0 radical (unpaired) electrons. The summed E-state index contributed by atoms with van der Waals surface area (Å²) in [6.07, 6.45) is 3.60. The number of halogens is 3. The van der Waals surface area contributed by atoms with Crippen molar-refractivity contribution in [3.05, 3.63) is 106 Å². The van der Waals surface area contributed by atoms with E-state index in [9.17, 15) is 13.6 Å². The van der Waals surface area contributed by atoms with E-state index in [0.29, 0.717) is 40.2 Å². The molecule has 0 aliphatic heterocycles. The van der Waals surface area contributed by atoms with E-state index in [4.69, 9.17) is 5.73 Å². The predicted molar refractivity (Wildman–Crippen MR) is 160 cm³/mol. The summed E-state index contributed by atoms with van der Waals surface area (Å²) in [7, 11) is 1.84. The number of hydrogen-bond donors (Lipinski definition) is 2. The van der Waals surface area contributed by atoms with Crippen molar-refractivity contribution in [3.8, 4) is 17.1 Å². The summed E-state index contributed by atoms with van der Waals surface area (Å²) in [4.78, 5) is 17.6. The van der Waals surface area contributed by atoms with Gasteiger partial charge in [-0.1, -0.05) is 18.2 Å². The highest BCUT2D eigenvalue weighted by atomic mass is 35.5. The monoisotopic (exact) mass is 575 g/mol. The Hall–Kier alpha value is -4.70. The number of H-pyrrole nitrogens is 1. The Bertz CT molecular complexity index is 2000. The molecule has 6 rings (SSSR count). The van der Waals surface area contributed by atoms with Crippen molar-refractivity contribution in [2.24, 2.45) is 17.8 Å². The number of benzene rings is 3. The third-order valence-electron chi connectivity index (χ3n) is 6.90. The average Bonchev–Trinajstić information content (AvgIpc) is 3.56. The van der Waals surface area contributed by atoms with Crippen molar-refractivity contribution in [3.63, 3.8) is 0 Å². The molecule has 3 heterocycles. The molecule has 0 amide bonds. The van der Waals surface area contributed by atoms with E-state index in [1.165, 1.54) is 28.8 Å². The molecule has 6 aromatic rings. The van der Waals surface area contributed by atoms with Gasteiger partial charge in [-0.3, -0.25) is 4.99 Å². The normalized spacial score (nSPS) is 12.0. The summed E-state index contributed by atoms with van der Waals surface area (Å²) < 4.78 is 33.9. The second-order valence-corrected chi connectivity index (χ2v) is 10.1. The number of nitrogens with one attached hydrogen (secondary N) is 1. The van der Waals surface area contributed by atoms with Crippen molar-refractivity contribution >= 4 is 40.0 Å². The van der Waals surface area contributed by atoms with Gasteiger partial charge in [0, 0.05) is 59.4 Å². The molecule has 41 heavy (non-hydrogen) atoms. The van der Waals surface area contributed by atoms with Crippen LogP contribution >= 0.6 is 12.4 Å². The minimum Gasteiger partial charge on any atom is -0.383 e. The van der Waals surface area contributed by atoms with Gasteiger partial charge >= 0.3 is 5.69 Å². The number of aromatic nitrogens is 5. The van der Waals surface area contributed by atoms with Crippen molar-refractivity contribution < 1.29 is 8.78 Å². The Labute approximate surface area is 240 Å². The Morgan fingerprint density at radius 3 is 2.44 bits per heavy atom. The van der Waals surface area contributed by atoms with Crippen molar-refractivity contribution in [2.45, 2.75) is 26.4 Å². The predicted octanol–water partition coefficient (Wildman–Crippen LogP) is 5.54. The molecule has 3 N–H and O–H groups in total. The smallest absolute Gasteiger partial charge is 0.348 e. The second-order valence-electron chi connectivity index (χ2n) is 10.1. The van der Waals surface area contributed by atoms with Crippen LogP contribution in [0.1, 0.15) is 25.0 Å². The SMILES string of the molecule is CC(C)N=C(N)c1cccc(Cn2cc(-n3c(-c4cn(C)c5ccc(F)cc45)n[nH]c3=O)c3cc(F)ccc32)c1.Cl. The van der Waals surface area contributed by atoms with Gasteiger partial charge < -0.3 is 14.9 Å². The molecule has 0 fully saturated rings. The van der Waals surface area contributed by atoms with Crippen LogP contribution in [-0.2, 0) is 13.6 Å². The van der Waals surface area contributed by atoms with Crippen LogP contribution in [-0.4, -0.2) is 35.8 Å². The van der Waals surface area contributed by atoms with Crippen LogP contribution in [0.5, 0.6) is 0 Å². The number of hydrogen-bond acceptors (Lipinski definition) is 3. The highest BCUT2D eigenvalue weighted by molar-refractivity contribution is 5.98. The van der Waals surface area contributed by atoms with E-state index in [1.807, 2.05) is 54.3 Å². The first-order chi connectivity index (χ1) is 19.2. The van der Waals surface area contributed by atoms with Gasteiger partial charge in [-0.2, -0.15) is 5.10 Å². The van der Waals surface area contributed by atoms with Gasteiger partial charge in [-0.05, 0) is 61.9 Å². The van der Waals surface area contributed by atoms with E-state index in [0.717, 1.165) is 22.2 Å². The number of aromatic amines is 1. The molecule has 8 nitrogen and oxygen atoms in total. The molecule has 0 spiro atoms. The molecule has 0 aliphatic carbocycles. The Morgan fingerprint density at radius 1 is 1.00 bits per heavy atom. The van der Waals surface area contributed by atoms with E-state index >= 15 is 0 Å². The molecule has 0 atom stereocenters. The van der Waals surface area contributed by atoms with Gasteiger partial charge in [0.05, 0.1) is 11.2 Å². The molecule has 11 heteroatoms. The number of rotatable bonds is 6. The van der Waals surface area contributed by atoms with Crippen molar-refractivity contribution in [2.75, 3.05) is 0 Å². The van der Waals surface area contributed by atoms with Crippen LogP contribution in [0.3, 0.4) is 0 Å². The summed E-state index contributed by atoms with van der Waals surface area (Å²) in [6, 6.07) is 16.8. The van der Waals surface area contributed by atoms with Gasteiger partial charge in [-0.25, -0.2) is 23.2 Å². The van der Waals surface area contributed by atoms with E-state index in [1.54, 1.807) is 24.5 Å². The lowest BCUT2D eigenvalue weighted by Gasteiger charge is -2.09. The maximum Gasteiger partial charge on any atom is 0.348 e. The maximum atomic E-state index is 14.5. The topological polar surface area (TPSA) is 98.9 Å². The number of fused-ring (bicyclic) bond motifs is 2. The molecule has 210 valence electrons. The summed E-state index contributed by atoms with van der Waals surface area (Å²) in [6.45, 7) is 4.36. The molecule has 0 unspecified atom stereocenters. The molecule has 0 bridgehead atoms. The van der Waals surface area contributed by atoms with E-state index in [2.05, 4.69) is 15.2 Å². The molecule has 3 aromatic heterocycles. The standard InChI is InChI=1S/C30H27F2N7O.ClH/c1-17(2)34-28(33)19-6-4-5-18(11-19)14-38-16-27(23-13-21(32)8-10-26(23)38)39-29(35-36-30(39)40)24-15-37(3)25-9-7-20(31)12-22(24)25;/h4-13,15-17H,14H2,1-3H3,(H2,33,34)(H,36,40);1H. The zero-order chi connectivity index (χ0) is 28.1. The largest absolute Gasteiger partial charge is 0.383 e. The number of nitrogens with zero attached hydrogens (tertiary/aromatic N) is 5. The lowest BCUT2D eigenvalue weighted by molar-refractivity contribution is 0.629. The quantitative estimate of drug-likeness (QED) is 0.202.